The molecule has 7 nitrogen and oxygen atoms in total. The average molecular weight is 296 g/mol. The molecule has 1 aromatic carbocycles. The van der Waals surface area contributed by atoms with Crippen LogP contribution in [0.4, 0.5) is 11.4 Å². The van der Waals surface area contributed by atoms with Crippen LogP contribution in [0.15, 0.2) is 18.2 Å². The van der Waals surface area contributed by atoms with Crippen LogP contribution in [0.3, 0.4) is 0 Å². The zero-order valence-electron chi connectivity index (χ0n) is 12.0. The van der Waals surface area contributed by atoms with E-state index >= 15 is 0 Å². The molecule has 7 heteroatoms. The second-order valence-electron chi connectivity index (χ2n) is 5.21. The SMILES string of the molecule is CCCCOc1ccc(NCC2(O)COC2)c([N+](=O)[O-])c1. The van der Waals surface area contributed by atoms with Gasteiger partial charge in [0.25, 0.3) is 5.69 Å². The number of rotatable bonds is 8. The second-order valence-corrected chi connectivity index (χ2v) is 5.21. The number of benzene rings is 1. The highest BCUT2D eigenvalue weighted by Crippen LogP contribution is 2.30. The molecule has 1 fully saturated rings. The standard InChI is InChI=1S/C14H20N2O5/c1-2-3-6-21-11-4-5-12(13(7-11)16(18)19)15-8-14(17)9-20-10-14/h4-5,7,15,17H,2-3,6,8-10H2,1H3. The number of nitrogens with one attached hydrogen (secondary N) is 1. The Bertz CT molecular complexity index is 502. The van der Waals surface area contributed by atoms with E-state index in [4.69, 9.17) is 9.47 Å². The van der Waals surface area contributed by atoms with Crippen LogP contribution >= 0.6 is 0 Å². The molecule has 1 aliphatic heterocycles. The van der Waals surface area contributed by atoms with Crippen LogP contribution in [0.25, 0.3) is 0 Å². The van der Waals surface area contributed by atoms with Gasteiger partial charge >= 0.3 is 0 Å². The molecule has 0 aromatic heterocycles. The molecule has 0 bridgehead atoms. The molecule has 0 saturated carbocycles. The third kappa shape index (κ3) is 4.05. The van der Waals surface area contributed by atoms with E-state index in [0.717, 1.165) is 12.8 Å². The molecule has 0 unspecified atom stereocenters. The lowest BCUT2D eigenvalue weighted by atomic mass is 10.0. The normalized spacial score (nSPS) is 16.1. The monoisotopic (exact) mass is 296 g/mol. The lowest BCUT2D eigenvalue weighted by Crippen LogP contribution is -2.54. The molecule has 0 amide bonds. The third-order valence-electron chi connectivity index (χ3n) is 3.28. The number of hydrogen-bond acceptors (Lipinski definition) is 6. The van der Waals surface area contributed by atoms with Crippen molar-refractivity contribution >= 4 is 11.4 Å². The minimum absolute atomic E-state index is 0.0622. The van der Waals surface area contributed by atoms with Crippen molar-refractivity contribution < 1.29 is 19.5 Å². The molecule has 116 valence electrons. The van der Waals surface area contributed by atoms with E-state index in [0.29, 0.717) is 18.0 Å². The van der Waals surface area contributed by atoms with Gasteiger partial charge < -0.3 is 19.9 Å². The first-order valence-corrected chi connectivity index (χ1v) is 6.99. The number of unbranched alkanes of at least 4 members (excludes halogenated alkanes) is 1. The Morgan fingerprint density at radius 2 is 2.29 bits per heavy atom. The topological polar surface area (TPSA) is 93.9 Å². The molecule has 0 spiro atoms. The van der Waals surface area contributed by atoms with Crippen molar-refractivity contribution in [3.63, 3.8) is 0 Å². The van der Waals surface area contributed by atoms with Gasteiger partial charge in [-0.1, -0.05) is 13.3 Å². The Morgan fingerprint density at radius 3 is 2.86 bits per heavy atom. The largest absolute Gasteiger partial charge is 0.493 e. The van der Waals surface area contributed by atoms with E-state index < -0.39 is 10.5 Å². The Hall–Kier alpha value is -1.86. The number of nitro benzene ring substituents is 1. The number of ether oxygens (including phenoxy) is 2. The number of anilines is 1. The molecule has 1 saturated heterocycles. The van der Waals surface area contributed by atoms with Crippen LogP contribution < -0.4 is 10.1 Å². The van der Waals surface area contributed by atoms with Gasteiger partial charge in [-0.05, 0) is 18.6 Å². The predicted molar refractivity (Wildman–Crippen MR) is 77.8 cm³/mol. The average Bonchev–Trinajstić information content (AvgIpc) is 2.44. The maximum Gasteiger partial charge on any atom is 0.296 e. The van der Waals surface area contributed by atoms with Gasteiger partial charge in [0, 0.05) is 6.54 Å². The van der Waals surface area contributed by atoms with E-state index in [1.54, 1.807) is 12.1 Å². The summed E-state index contributed by atoms with van der Waals surface area (Å²) >= 11 is 0. The molecule has 1 aromatic rings. The van der Waals surface area contributed by atoms with Crippen LogP contribution in [0.1, 0.15) is 19.8 Å². The van der Waals surface area contributed by atoms with Crippen LogP contribution in [0.5, 0.6) is 5.75 Å². The lowest BCUT2D eigenvalue weighted by molar-refractivity contribution is -0.384. The van der Waals surface area contributed by atoms with Crippen molar-refractivity contribution in [1.29, 1.82) is 0 Å². The minimum atomic E-state index is -0.940. The van der Waals surface area contributed by atoms with Crippen LogP contribution in [-0.2, 0) is 4.74 Å². The van der Waals surface area contributed by atoms with Gasteiger partial charge in [0.05, 0.1) is 30.8 Å². The summed E-state index contributed by atoms with van der Waals surface area (Å²) in [6.07, 6.45) is 1.91. The molecule has 1 aliphatic rings. The zero-order valence-corrected chi connectivity index (χ0v) is 12.0. The third-order valence-corrected chi connectivity index (χ3v) is 3.28. The molecule has 0 aliphatic carbocycles. The van der Waals surface area contributed by atoms with Crippen molar-refractivity contribution in [3.8, 4) is 5.75 Å². The maximum absolute atomic E-state index is 11.1. The Balaban J connectivity index is 2.03. The fraction of sp³-hybridized carbons (Fsp3) is 0.571. The molecule has 2 rings (SSSR count). The summed E-state index contributed by atoms with van der Waals surface area (Å²) in [6, 6.07) is 4.69. The molecule has 21 heavy (non-hydrogen) atoms. The van der Waals surface area contributed by atoms with Crippen molar-refractivity contribution in [2.75, 3.05) is 31.7 Å². The molecule has 2 N–H and O–H groups in total. The summed E-state index contributed by atoms with van der Waals surface area (Å²) in [4.78, 5) is 10.7. The van der Waals surface area contributed by atoms with Gasteiger partial charge in [-0.15, -0.1) is 0 Å². The summed E-state index contributed by atoms with van der Waals surface area (Å²) in [5.41, 5.74) is -0.638. The molecule has 1 heterocycles. The van der Waals surface area contributed by atoms with E-state index in [-0.39, 0.29) is 25.4 Å². The van der Waals surface area contributed by atoms with Crippen molar-refractivity contribution in [2.45, 2.75) is 25.4 Å². The Labute approximate surface area is 123 Å². The fourth-order valence-corrected chi connectivity index (χ4v) is 1.94. The first-order chi connectivity index (χ1) is 10.0. The number of nitro groups is 1. The summed E-state index contributed by atoms with van der Waals surface area (Å²) in [7, 11) is 0. The number of aliphatic hydroxyl groups is 1. The highest BCUT2D eigenvalue weighted by Gasteiger charge is 2.36. The summed E-state index contributed by atoms with van der Waals surface area (Å²) in [5.74, 6) is 0.478. The van der Waals surface area contributed by atoms with E-state index in [1.807, 2.05) is 6.92 Å². The predicted octanol–water partition coefficient (Wildman–Crippen LogP) is 1.95. The lowest BCUT2D eigenvalue weighted by Gasteiger charge is -2.36. The molecule has 0 radical (unpaired) electrons. The first-order valence-electron chi connectivity index (χ1n) is 6.99. The van der Waals surface area contributed by atoms with E-state index in [2.05, 4.69) is 5.32 Å². The molecular weight excluding hydrogens is 276 g/mol. The number of hydrogen-bond donors (Lipinski definition) is 2. The smallest absolute Gasteiger partial charge is 0.296 e. The van der Waals surface area contributed by atoms with Gasteiger partial charge in [-0.3, -0.25) is 10.1 Å². The van der Waals surface area contributed by atoms with Crippen LogP contribution in [0, 0.1) is 10.1 Å². The van der Waals surface area contributed by atoms with Crippen LogP contribution in [0.2, 0.25) is 0 Å². The molecular formula is C14H20N2O5. The molecule has 0 atom stereocenters. The van der Waals surface area contributed by atoms with Crippen molar-refractivity contribution in [1.82, 2.24) is 0 Å². The Morgan fingerprint density at radius 1 is 1.52 bits per heavy atom. The van der Waals surface area contributed by atoms with Gasteiger partial charge in [-0.25, -0.2) is 0 Å². The maximum atomic E-state index is 11.1. The highest BCUT2D eigenvalue weighted by molar-refractivity contribution is 5.64. The van der Waals surface area contributed by atoms with Gasteiger partial charge in [0.15, 0.2) is 0 Å². The Kier molecular flexibility index (Phi) is 4.98. The first kappa shape index (κ1) is 15.5. The van der Waals surface area contributed by atoms with Crippen molar-refractivity contribution in [3.05, 3.63) is 28.3 Å². The second kappa shape index (κ2) is 6.73. The highest BCUT2D eigenvalue weighted by atomic mass is 16.6. The van der Waals surface area contributed by atoms with E-state index in [9.17, 15) is 15.2 Å². The fourth-order valence-electron chi connectivity index (χ4n) is 1.94. The zero-order chi connectivity index (χ0) is 15.3. The van der Waals surface area contributed by atoms with Crippen LogP contribution in [-0.4, -0.2) is 42.0 Å². The summed E-state index contributed by atoms with van der Waals surface area (Å²) in [6.45, 7) is 3.28. The summed E-state index contributed by atoms with van der Waals surface area (Å²) in [5, 5.41) is 24.0. The minimum Gasteiger partial charge on any atom is -0.493 e. The number of nitrogens with zero attached hydrogens (tertiary/aromatic N) is 1. The van der Waals surface area contributed by atoms with E-state index in [1.165, 1.54) is 6.07 Å². The summed E-state index contributed by atoms with van der Waals surface area (Å²) < 4.78 is 10.4. The van der Waals surface area contributed by atoms with Crippen molar-refractivity contribution in [2.24, 2.45) is 0 Å². The van der Waals surface area contributed by atoms with Gasteiger partial charge in [-0.2, -0.15) is 0 Å². The quantitative estimate of drug-likeness (QED) is 0.432. The van der Waals surface area contributed by atoms with Gasteiger partial charge in [0.1, 0.15) is 17.0 Å². The van der Waals surface area contributed by atoms with Gasteiger partial charge in [0.2, 0.25) is 0 Å².